The Hall–Kier alpha value is -3.14. The summed E-state index contributed by atoms with van der Waals surface area (Å²) >= 11 is 0. The van der Waals surface area contributed by atoms with Crippen molar-refractivity contribution in [2.75, 3.05) is 0 Å². The van der Waals surface area contributed by atoms with E-state index in [1.54, 1.807) is 12.3 Å². The number of phenolic OH excluding ortho intramolecular Hbond substituents is 1. The van der Waals surface area contributed by atoms with E-state index in [1.807, 2.05) is 41.2 Å². The van der Waals surface area contributed by atoms with Crippen molar-refractivity contribution in [3.63, 3.8) is 0 Å². The summed E-state index contributed by atoms with van der Waals surface area (Å²) in [5.41, 5.74) is 4.02. The Kier molecular flexibility index (Phi) is 3.27. The Morgan fingerprint density at radius 3 is 2.57 bits per heavy atom. The molecule has 2 aromatic heterocycles. The summed E-state index contributed by atoms with van der Waals surface area (Å²) in [6.07, 6.45) is 4.44. The Labute approximate surface area is 133 Å². The molecule has 0 unspecified atom stereocenters. The second-order valence-corrected chi connectivity index (χ2v) is 5.44. The molecule has 2 aromatic carbocycles. The van der Waals surface area contributed by atoms with Crippen LogP contribution in [-0.2, 0) is 6.42 Å². The second-order valence-electron chi connectivity index (χ2n) is 5.44. The molecule has 23 heavy (non-hydrogen) atoms. The highest BCUT2D eigenvalue weighted by Gasteiger charge is 2.04. The van der Waals surface area contributed by atoms with E-state index in [0.29, 0.717) is 0 Å². The summed E-state index contributed by atoms with van der Waals surface area (Å²) in [6.45, 7) is 0. The molecule has 0 aliphatic rings. The van der Waals surface area contributed by atoms with Crippen molar-refractivity contribution in [3.05, 3.63) is 84.3 Å². The molecular formula is C19H15N3O. The fraction of sp³-hybridized carbons (Fsp3) is 0.0526. The second kappa shape index (κ2) is 5.57. The van der Waals surface area contributed by atoms with E-state index < -0.39 is 0 Å². The fourth-order valence-electron chi connectivity index (χ4n) is 2.68. The third kappa shape index (κ3) is 2.66. The zero-order chi connectivity index (χ0) is 15.6. The number of fused-ring (bicyclic) bond motifs is 1. The summed E-state index contributed by atoms with van der Waals surface area (Å²) in [5.74, 6) is 0.269. The van der Waals surface area contributed by atoms with Crippen LogP contribution in [0.1, 0.15) is 11.3 Å². The van der Waals surface area contributed by atoms with Gasteiger partial charge in [-0.2, -0.15) is 5.10 Å². The molecule has 0 bridgehead atoms. The largest absolute Gasteiger partial charge is 0.507 e. The van der Waals surface area contributed by atoms with E-state index >= 15 is 0 Å². The van der Waals surface area contributed by atoms with Crippen molar-refractivity contribution in [2.45, 2.75) is 6.42 Å². The van der Waals surface area contributed by atoms with Gasteiger partial charge in [-0.3, -0.25) is 4.98 Å². The maximum atomic E-state index is 9.82. The molecule has 0 amide bonds. The van der Waals surface area contributed by atoms with E-state index in [-0.39, 0.29) is 5.75 Å². The maximum Gasteiger partial charge on any atom is 0.124 e. The molecule has 4 aromatic rings. The van der Waals surface area contributed by atoms with Gasteiger partial charge < -0.3 is 5.11 Å². The summed E-state index contributed by atoms with van der Waals surface area (Å²) in [7, 11) is 0. The standard InChI is InChI=1S/C19H15N3O/c23-19-4-1-3-18-17(19)10-7-15(21-18)13-14-5-8-16(9-6-14)22-12-2-11-20-22/h1-12,23H,13H2. The Balaban J connectivity index is 1.60. The minimum absolute atomic E-state index is 0.269. The van der Waals surface area contributed by atoms with Crippen molar-refractivity contribution in [1.82, 2.24) is 14.8 Å². The zero-order valence-corrected chi connectivity index (χ0v) is 12.4. The predicted octanol–water partition coefficient (Wildman–Crippen LogP) is 3.72. The molecule has 0 aliphatic carbocycles. The zero-order valence-electron chi connectivity index (χ0n) is 12.4. The Bertz CT molecular complexity index is 944. The van der Waals surface area contributed by atoms with Crippen LogP contribution in [0.4, 0.5) is 0 Å². The van der Waals surface area contributed by atoms with E-state index in [9.17, 15) is 5.11 Å². The molecule has 1 N–H and O–H groups in total. The minimum atomic E-state index is 0.269. The highest BCUT2D eigenvalue weighted by molar-refractivity contribution is 5.84. The average Bonchev–Trinajstić information content (AvgIpc) is 3.10. The summed E-state index contributed by atoms with van der Waals surface area (Å²) in [4.78, 5) is 4.63. The summed E-state index contributed by atoms with van der Waals surface area (Å²) in [5, 5.41) is 14.8. The molecule has 112 valence electrons. The lowest BCUT2D eigenvalue weighted by atomic mass is 10.1. The molecule has 0 radical (unpaired) electrons. The molecular weight excluding hydrogens is 286 g/mol. The Morgan fingerprint density at radius 1 is 0.913 bits per heavy atom. The van der Waals surface area contributed by atoms with Gasteiger partial charge in [-0.1, -0.05) is 18.2 Å². The van der Waals surface area contributed by atoms with Gasteiger partial charge in [0.25, 0.3) is 0 Å². The molecule has 4 heteroatoms. The van der Waals surface area contributed by atoms with E-state index in [1.165, 1.54) is 5.56 Å². The molecule has 0 saturated carbocycles. The monoisotopic (exact) mass is 301 g/mol. The summed E-state index contributed by atoms with van der Waals surface area (Å²) < 4.78 is 1.83. The first kappa shape index (κ1) is 13.5. The van der Waals surface area contributed by atoms with Crippen LogP contribution in [0.3, 0.4) is 0 Å². The van der Waals surface area contributed by atoms with Crippen LogP contribution in [-0.4, -0.2) is 19.9 Å². The van der Waals surface area contributed by atoms with Gasteiger partial charge in [-0.25, -0.2) is 4.68 Å². The maximum absolute atomic E-state index is 9.82. The minimum Gasteiger partial charge on any atom is -0.507 e. The van der Waals surface area contributed by atoms with Crippen molar-refractivity contribution in [1.29, 1.82) is 0 Å². The number of phenols is 1. The first-order chi connectivity index (χ1) is 11.3. The number of aromatic nitrogens is 3. The molecule has 2 heterocycles. The van der Waals surface area contributed by atoms with Gasteiger partial charge in [0.15, 0.2) is 0 Å². The van der Waals surface area contributed by atoms with Crippen LogP contribution in [0.15, 0.2) is 73.1 Å². The van der Waals surface area contributed by atoms with Crippen LogP contribution < -0.4 is 0 Å². The van der Waals surface area contributed by atoms with Crippen LogP contribution >= 0.6 is 0 Å². The smallest absolute Gasteiger partial charge is 0.124 e. The van der Waals surface area contributed by atoms with E-state index in [2.05, 4.69) is 34.3 Å². The number of rotatable bonds is 3. The third-order valence-corrected chi connectivity index (χ3v) is 3.86. The van der Waals surface area contributed by atoms with Gasteiger partial charge in [0, 0.05) is 29.9 Å². The van der Waals surface area contributed by atoms with Crippen molar-refractivity contribution in [3.8, 4) is 11.4 Å². The summed E-state index contributed by atoms with van der Waals surface area (Å²) in [6, 6.07) is 19.5. The fourth-order valence-corrected chi connectivity index (χ4v) is 2.68. The molecule has 0 fully saturated rings. The van der Waals surface area contributed by atoms with Crippen molar-refractivity contribution in [2.24, 2.45) is 0 Å². The lowest BCUT2D eigenvalue weighted by Crippen LogP contribution is -1.96. The first-order valence-corrected chi connectivity index (χ1v) is 7.46. The van der Waals surface area contributed by atoms with Gasteiger partial charge in [0.1, 0.15) is 5.75 Å². The van der Waals surface area contributed by atoms with Crippen molar-refractivity contribution < 1.29 is 5.11 Å². The SMILES string of the molecule is Oc1cccc2nc(Cc3ccc(-n4cccn4)cc3)ccc12. The molecule has 0 aliphatic heterocycles. The predicted molar refractivity (Wildman–Crippen MR) is 89.8 cm³/mol. The van der Waals surface area contributed by atoms with Crippen LogP contribution in [0.5, 0.6) is 5.75 Å². The first-order valence-electron chi connectivity index (χ1n) is 7.46. The van der Waals surface area contributed by atoms with Gasteiger partial charge in [0.2, 0.25) is 0 Å². The topological polar surface area (TPSA) is 50.9 Å². The molecule has 0 saturated heterocycles. The van der Waals surface area contributed by atoms with E-state index in [0.717, 1.165) is 28.7 Å². The van der Waals surface area contributed by atoms with Gasteiger partial charge in [0.05, 0.1) is 11.2 Å². The Morgan fingerprint density at radius 2 is 1.78 bits per heavy atom. The number of benzene rings is 2. The number of nitrogens with zero attached hydrogens (tertiary/aromatic N) is 3. The molecule has 4 rings (SSSR count). The third-order valence-electron chi connectivity index (χ3n) is 3.86. The van der Waals surface area contributed by atoms with Gasteiger partial charge >= 0.3 is 0 Å². The van der Waals surface area contributed by atoms with Gasteiger partial charge in [-0.05, 0) is 48.0 Å². The quantitative estimate of drug-likeness (QED) is 0.627. The highest BCUT2D eigenvalue weighted by atomic mass is 16.3. The lowest BCUT2D eigenvalue weighted by Gasteiger charge is -2.06. The normalized spacial score (nSPS) is 11.0. The van der Waals surface area contributed by atoms with Gasteiger partial charge in [-0.15, -0.1) is 0 Å². The molecule has 0 spiro atoms. The lowest BCUT2D eigenvalue weighted by molar-refractivity contribution is 0.481. The number of aromatic hydroxyl groups is 1. The number of hydrogen-bond donors (Lipinski definition) is 1. The molecule has 0 atom stereocenters. The van der Waals surface area contributed by atoms with E-state index in [4.69, 9.17) is 0 Å². The van der Waals surface area contributed by atoms with Crippen LogP contribution in [0.2, 0.25) is 0 Å². The average molecular weight is 301 g/mol. The van der Waals surface area contributed by atoms with Crippen LogP contribution in [0, 0.1) is 0 Å². The molecule has 4 nitrogen and oxygen atoms in total. The highest BCUT2D eigenvalue weighted by Crippen LogP contribution is 2.23. The van der Waals surface area contributed by atoms with Crippen molar-refractivity contribution >= 4 is 10.9 Å². The number of hydrogen-bond acceptors (Lipinski definition) is 3. The number of pyridine rings is 1. The van der Waals surface area contributed by atoms with Crippen LogP contribution in [0.25, 0.3) is 16.6 Å².